The summed E-state index contributed by atoms with van der Waals surface area (Å²) < 4.78 is 5.25. The Morgan fingerprint density at radius 3 is 2.41 bits per heavy atom. The Kier molecular flexibility index (Phi) is 6.05. The zero-order valence-corrected chi connectivity index (χ0v) is 10.9. The highest BCUT2D eigenvalue weighted by Gasteiger charge is 2.10. The van der Waals surface area contributed by atoms with E-state index >= 15 is 0 Å². The van der Waals surface area contributed by atoms with Crippen LogP contribution in [0.2, 0.25) is 0 Å². The summed E-state index contributed by atoms with van der Waals surface area (Å²) in [5, 5.41) is 10.5. The van der Waals surface area contributed by atoms with Gasteiger partial charge < -0.3 is 0 Å². The third-order valence-corrected chi connectivity index (χ3v) is 3.87. The lowest BCUT2D eigenvalue weighted by atomic mass is 10.2. The number of nitro groups is 1. The van der Waals surface area contributed by atoms with Crippen molar-refractivity contribution in [1.82, 2.24) is 0 Å². The predicted octanol–water partition coefficient (Wildman–Crippen LogP) is 3.48. The first-order valence-electron chi connectivity index (χ1n) is 5.45. The van der Waals surface area contributed by atoms with Gasteiger partial charge in [0.05, 0.1) is 19.7 Å². The topological polar surface area (TPSA) is 61.6 Å². The number of benzene rings is 1. The van der Waals surface area contributed by atoms with E-state index in [4.69, 9.17) is 9.56 Å². The number of nitro benzene ring substituents is 1. The number of hydrogen-bond acceptors (Lipinski definition) is 4. The molecule has 0 saturated carbocycles. The third kappa shape index (κ3) is 4.77. The first kappa shape index (κ1) is 14.0. The average Bonchev–Trinajstić information content (AvgIpc) is 2.35. The molecule has 1 atom stereocenters. The van der Waals surface area contributed by atoms with Crippen molar-refractivity contribution in [2.75, 3.05) is 12.8 Å². The maximum Gasteiger partial charge on any atom is 0.269 e. The van der Waals surface area contributed by atoms with Gasteiger partial charge in [0.1, 0.15) is 0 Å². The molecule has 1 aromatic carbocycles. The fourth-order valence-electron chi connectivity index (χ4n) is 1.24. The van der Waals surface area contributed by atoms with E-state index < -0.39 is 13.1 Å². The van der Waals surface area contributed by atoms with Gasteiger partial charge in [0.15, 0.2) is 0 Å². The molecule has 0 spiro atoms. The van der Waals surface area contributed by atoms with Gasteiger partial charge in [-0.3, -0.25) is 10.1 Å². The van der Waals surface area contributed by atoms with Gasteiger partial charge in [0.2, 0.25) is 0 Å². The molecule has 0 amide bonds. The number of nitrogens with zero attached hydrogens (tertiary/aromatic N) is 1. The van der Waals surface area contributed by atoms with Gasteiger partial charge in [-0.15, -0.1) is 0 Å². The van der Waals surface area contributed by atoms with Crippen molar-refractivity contribution in [2.24, 2.45) is 0 Å². The Bertz CT molecular complexity index is 355. The van der Waals surface area contributed by atoms with E-state index in [0.29, 0.717) is 6.61 Å². The van der Waals surface area contributed by atoms with Crippen LogP contribution in [0.5, 0.6) is 0 Å². The molecule has 5 nitrogen and oxygen atoms in total. The molecular weight excluding hydrogens is 241 g/mol. The van der Waals surface area contributed by atoms with Gasteiger partial charge in [0.25, 0.3) is 5.69 Å². The van der Waals surface area contributed by atoms with Crippen LogP contribution in [-0.4, -0.2) is 17.7 Å². The van der Waals surface area contributed by atoms with E-state index in [1.165, 1.54) is 12.1 Å². The molecular formula is C11H16NO4P. The van der Waals surface area contributed by atoms with Crippen LogP contribution < -0.4 is 0 Å². The molecule has 1 unspecified atom stereocenters. The van der Waals surface area contributed by atoms with Gasteiger partial charge in [-0.05, 0) is 18.6 Å². The maximum absolute atomic E-state index is 10.5. The number of non-ortho nitro benzene ring substituents is 1. The quantitative estimate of drug-likeness (QED) is 0.324. The van der Waals surface area contributed by atoms with Crippen molar-refractivity contribution in [3.63, 3.8) is 0 Å². The molecule has 17 heavy (non-hydrogen) atoms. The van der Waals surface area contributed by atoms with Crippen LogP contribution in [0.1, 0.15) is 19.4 Å². The van der Waals surface area contributed by atoms with Gasteiger partial charge in [-0.2, -0.15) is 0 Å². The molecule has 0 aliphatic heterocycles. The molecule has 0 fully saturated rings. The van der Waals surface area contributed by atoms with Crippen molar-refractivity contribution in [1.29, 1.82) is 0 Å². The monoisotopic (exact) mass is 257 g/mol. The van der Waals surface area contributed by atoms with Crippen molar-refractivity contribution in [3.05, 3.63) is 39.9 Å². The minimum Gasteiger partial charge on any atom is -0.258 e. The molecule has 0 saturated heterocycles. The van der Waals surface area contributed by atoms with Gasteiger partial charge in [-0.25, -0.2) is 9.56 Å². The second kappa shape index (κ2) is 7.33. The number of hydrogen-bond donors (Lipinski definition) is 0. The van der Waals surface area contributed by atoms with Crippen LogP contribution in [0.4, 0.5) is 5.69 Å². The lowest BCUT2D eigenvalue weighted by Gasteiger charge is -2.13. The van der Waals surface area contributed by atoms with Crippen LogP contribution in [0.15, 0.2) is 24.3 Å². The van der Waals surface area contributed by atoms with E-state index in [9.17, 15) is 10.1 Å². The van der Waals surface area contributed by atoms with Crippen LogP contribution >= 0.6 is 8.15 Å². The summed E-state index contributed by atoms with van der Waals surface area (Å²) in [6.45, 7) is 4.43. The van der Waals surface area contributed by atoms with E-state index in [2.05, 4.69) is 0 Å². The minimum absolute atomic E-state index is 0.111. The third-order valence-electron chi connectivity index (χ3n) is 2.13. The fourth-order valence-corrected chi connectivity index (χ4v) is 2.50. The largest absolute Gasteiger partial charge is 0.269 e. The van der Waals surface area contributed by atoms with E-state index in [-0.39, 0.29) is 5.69 Å². The standard InChI is InChI=1S/C11H16NO4P/c1-3-15-16-17(4-2)9-10-5-7-11(8-6-10)12(13)14/h5-8H,3-4,9H2,1-2H3. The minimum atomic E-state index is -0.658. The molecule has 0 radical (unpaired) electrons. The zero-order chi connectivity index (χ0) is 12.7. The predicted molar refractivity (Wildman–Crippen MR) is 67.0 cm³/mol. The van der Waals surface area contributed by atoms with Crippen LogP contribution in [0, 0.1) is 10.1 Å². The summed E-state index contributed by atoms with van der Waals surface area (Å²) in [6, 6.07) is 6.55. The Labute approximate surface area is 102 Å². The van der Waals surface area contributed by atoms with E-state index in [1.54, 1.807) is 12.1 Å². The van der Waals surface area contributed by atoms with Crippen molar-refractivity contribution in [3.8, 4) is 0 Å². The van der Waals surface area contributed by atoms with Crippen molar-refractivity contribution < 1.29 is 14.5 Å². The highest BCUT2D eigenvalue weighted by Crippen LogP contribution is 2.40. The molecule has 6 heteroatoms. The normalized spacial score (nSPS) is 12.4. The SMILES string of the molecule is CCOOP(CC)Cc1ccc([N+](=O)[O-])cc1. The number of rotatable bonds is 7. The first-order valence-corrected chi connectivity index (χ1v) is 7.08. The fraction of sp³-hybridized carbons (Fsp3) is 0.455. The summed E-state index contributed by atoms with van der Waals surface area (Å²) in [7, 11) is -0.658. The molecule has 0 bridgehead atoms. The highest BCUT2D eigenvalue weighted by atomic mass is 31.1. The van der Waals surface area contributed by atoms with Crippen LogP contribution in [0.3, 0.4) is 0 Å². The summed E-state index contributed by atoms with van der Waals surface area (Å²) in [5.74, 6) is 0. The Morgan fingerprint density at radius 1 is 1.29 bits per heavy atom. The van der Waals surface area contributed by atoms with E-state index in [0.717, 1.165) is 17.9 Å². The first-order chi connectivity index (χ1) is 8.17. The summed E-state index contributed by atoms with van der Waals surface area (Å²) in [5.41, 5.74) is 1.14. The Morgan fingerprint density at radius 2 is 1.94 bits per heavy atom. The van der Waals surface area contributed by atoms with Crippen molar-refractivity contribution in [2.45, 2.75) is 20.0 Å². The molecule has 1 aromatic rings. The Balaban J connectivity index is 2.57. The average molecular weight is 257 g/mol. The van der Waals surface area contributed by atoms with Gasteiger partial charge >= 0.3 is 0 Å². The summed E-state index contributed by atoms with van der Waals surface area (Å²) >= 11 is 0. The second-order valence-electron chi connectivity index (χ2n) is 3.36. The molecule has 0 N–H and O–H groups in total. The molecule has 0 aliphatic carbocycles. The second-order valence-corrected chi connectivity index (χ2v) is 5.42. The lowest BCUT2D eigenvalue weighted by Crippen LogP contribution is -1.94. The summed E-state index contributed by atoms with van der Waals surface area (Å²) in [6.07, 6.45) is 1.65. The zero-order valence-electron chi connectivity index (χ0n) is 9.96. The van der Waals surface area contributed by atoms with Gasteiger partial charge in [0, 0.05) is 18.3 Å². The lowest BCUT2D eigenvalue weighted by molar-refractivity contribution is -0.384. The molecule has 0 aliphatic rings. The van der Waals surface area contributed by atoms with Crippen LogP contribution in [0.25, 0.3) is 0 Å². The molecule has 94 valence electrons. The highest BCUT2D eigenvalue weighted by molar-refractivity contribution is 7.51. The van der Waals surface area contributed by atoms with Gasteiger partial charge in [-0.1, -0.05) is 19.1 Å². The molecule has 0 heterocycles. The van der Waals surface area contributed by atoms with Crippen molar-refractivity contribution >= 4 is 13.8 Å². The van der Waals surface area contributed by atoms with Crippen LogP contribution in [-0.2, 0) is 15.7 Å². The Hall–Kier alpha value is -1.03. The molecule has 1 rings (SSSR count). The molecule has 0 aromatic heterocycles. The smallest absolute Gasteiger partial charge is 0.258 e. The van der Waals surface area contributed by atoms with E-state index in [1.807, 2.05) is 13.8 Å². The maximum atomic E-state index is 10.5. The summed E-state index contributed by atoms with van der Waals surface area (Å²) in [4.78, 5) is 15.0.